The number of aromatic nitrogens is 5. The third-order valence-corrected chi connectivity index (χ3v) is 4.67. The molecule has 4 aromatic rings. The number of pyridine rings is 1. The molecule has 0 bridgehead atoms. The Labute approximate surface area is 163 Å². The first-order chi connectivity index (χ1) is 13.7. The molecule has 3 aromatic heterocycles. The summed E-state index contributed by atoms with van der Waals surface area (Å²) in [4.78, 5) is 18.0. The van der Waals surface area contributed by atoms with Gasteiger partial charge in [0.05, 0.1) is 0 Å². The highest BCUT2D eigenvalue weighted by Crippen LogP contribution is 2.30. The summed E-state index contributed by atoms with van der Waals surface area (Å²) >= 11 is 0. The number of nitrogens with one attached hydrogen (secondary N) is 1. The number of hydrogen-bond donors (Lipinski definition) is 2. The lowest BCUT2D eigenvalue weighted by atomic mass is 10.1. The van der Waals surface area contributed by atoms with E-state index < -0.39 is 0 Å². The van der Waals surface area contributed by atoms with E-state index in [9.17, 15) is 0 Å². The summed E-state index contributed by atoms with van der Waals surface area (Å²) in [7, 11) is 0. The SMILES string of the molecule is CCNCc1ccc(-c2nc(N)nc3c2nc(-c2ccncc2)n3CC)cc1. The third-order valence-electron chi connectivity index (χ3n) is 4.67. The monoisotopic (exact) mass is 373 g/mol. The van der Waals surface area contributed by atoms with Crippen molar-refractivity contribution < 1.29 is 0 Å². The highest BCUT2D eigenvalue weighted by atomic mass is 15.2. The quantitative estimate of drug-likeness (QED) is 0.539. The zero-order valence-corrected chi connectivity index (χ0v) is 16.1. The summed E-state index contributed by atoms with van der Waals surface area (Å²) in [6.45, 7) is 6.68. The zero-order chi connectivity index (χ0) is 19.5. The van der Waals surface area contributed by atoms with E-state index in [1.165, 1.54) is 5.56 Å². The predicted molar refractivity (Wildman–Crippen MR) is 111 cm³/mol. The van der Waals surface area contributed by atoms with Crippen LogP contribution in [0.25, 0.3) is 33.8 Å². The van der Waals surface area contributed by atoms with Crippen molar-refractivity contribution in [2.45, 2.75) is 26.9 Å². The fraction of sp³-hybridized carbons (Fsp3) is 0.238. The Morgan fingerprint density at radius 3 is 2.36 bits per heavy atom. The lowest BCUT2D eigenvalue weighted by Gasteiger charge is -2.07. The molecule has 0 saturated heterocycles. The molecule has 0 fully saturated rings. The number of imidazole rings is 1. The fourth-order valence-electron chi connectivity index (χ4n) is 3.29. The van der Waals surface area contributed by atoms with Crippen LogP contribution in [0.1, 0.15) is 19.4 Å². The van der Waals surface area contributed by atoms with Gasteiger partial charge in [-0.2, -0.15) is 4.98 Å². The van der Waals surface area contributed by atoms with Crippen LogP contribution in [0.5, 0.6) is 0 Å². The Morgan fingerprint density at radius 1 is 0.929 bits per heavy atom. The second-order valence-electron chi connectivity index (χ2n) is 6.50. The molecule has 0 spiro atoms. The van der Waals surface area contributed by atoms with E-state index in [2.05, 4.69) is 62.9 Å². The van der Waals surface area contributed by atoms with E-state index in [1.807, 2.05) is 12.1 Å². The molecule has 0 unspecified atom stereocenters. The van der Waals surface area contributed by atoms with Gasteiger partial charge in [-0.25, -0.2) is 9.97 Å². The van der Waals surface area contributed by atoms with E-state index >= 15 is 0 Å². The average Bonchev–Trinajstić information content (AvgIpc) is 3.11. The standard InChI is InChI=1S/C21H23N7/c1-3-23-13-14-5-7-15(8-6-14)17-18-20(27-21(22)26-17)28(4-2)19(25-18)16-9-11-24-12-10-16/h5-12,23H,3-4,13H2,1-2H3,(H2,22,26,27). The van der Waals surface area contributed by atoms with Gasteiger partial charge in [-0.3, -0.25) is 4.98 Å². The molecule has 0 aliphatic rings. The van der Waals surface area contributed by atoms with Crippen LogP contribution < -0.4 is 11.1 Å². The maximum Gasteiger partial charge on any atom is 0.222 e. The second kappa shape index (κ2) is 7.74. The van der Waals surface area contributed by atoms with Gasteiger partial charge >= 0.3 is 0 Å². The summed E-state index contributed by atoms with van der Waals surface area (Å²) in [5, 5.41) is 3.33. The molecule has 3 heterocycles. The van der Waals surface area contributed by atoms with Gasteiger partial charge in [0.2, 0.25) is 5.95 Å². The van der Waals surface area contributed by atoms with Crippen molar-refractivity contribution in [2.24, 2.45) is 0 Å². The van der Waals surface area contributed by atoms with Crippen molar-refractivity contribution in [1.29, 1.82) is 0 Å². The number of rotatable bonds is 6. The minimum absolute atomic E-state index is 0.245. The van der Waals surface area contributed by atoms with Crippen LogP contribution >= 0.6 is 0 Å². The van der Waals surface area contributed by atoms with Crippen LogP contribution in [0.3, 0.4) is 0 Å². The van der Waals surface area contributed by atoms with E-state index in [0.29, 0.717) is 0 Å². The van der Waals surface area contributed by atoms with Gasteiger partial charge < -0.3 is 15.6 Å². The first-order valence-electron chi connectivity index (χ1n) is 9.45. The molecule has 0 aliphatic heterocycles. The summed E-state index contributed by atoms with van der Waals surface area (Å²) in [5.74, 6) is 1.08. The van der Waals surface area contributed by atoms with Crippen LogP contribution in [0.15, 0.2) is 48.8 Å². The summed E-state index contributed by atoms with van der Waals surface area (Å²) in [5.41, 5.74) is 11.5. The van der Waals surface area contributed by atoms with Crippen LogP contribution in [0, 0.1) is 0 Å². The zero-order valence-electron chi connectivity index (χ0n) is 16.1. The normalized spacial score (nSPS) is 11.2. The van der Waals surface area contributed by atoms with Crippen LogP contribution in [0.2, 0.25) is 0 Å². The van der Waals surface area contributed by atoms with Gasteiger partial charge in [-0.15, -0.1) is 0 Å². The average molecular weight is 373 g/mol. The number of benzene rings is 1. The molecule has 0 atom stereocenters. The first kappa shape index (κ1) is 18.1. The highest BCUT2D eigenvalue weighted by molar-refractivity contribution is 5.90. The summed E-state index contributed by atoms with van der Waals surface area (Å²) in [6, 6.07) is 12.2. The number of nitrogen functional groups attached to an aromatic ring is 1. The number of fused-ring (bicyclic) bond motifs is 1. The Morgan fingerprint density at radius 2 is 1.68 bits per heavy atom. The fourth-order valence-corrected chi connectivity index (χ4v) is 3.29. The minimum atomic E-state index is 0.245. The lowest BCUT2D eigenvalue weighted by Crippen LogP contribution is -2.11. The largest absolute Gasteiger partial charge is 0.368 e. The van der Waals surface area contributed by atoms with Crippen molar-refractivity contribution in [3.63, 3.8) is 0 Å². The summed E-state index contributed by atoms with van der Waals surface area (Å²) in [6.07, 6.45) is 3.53. The van der Waals surface area contributed by atoms with Gasteiger partial charge in [0.1, 0.15) is 17.0 Å². The number of nitrogens with two attached hydrogens (primary N) is 1. The van der Waals surface area contributed by atoms with Gasteiger partial charge in [-0.1, -0.05) is 31.2 Å². The van der Waals surface area contributed by atoms with Crippen molar-refractivity contribution in [3.05, 3.63) is 54.4 Å². The molecule has 0 saturated carbocycles. The number of hydrogen-bond acceptors (Lipinski definition) is 6. The Kier molecular flexibility index (Phi) is 4.99. The van der Waals surface area contributed by atoms with Gasteiger partial charge in [0.15, 0.2) is 5.65 Å². The highest BCUT2D eigenvalue weighted by Gasteiger charge is 2.18. The van der Waals surface area contributed by atoms with E-state index in [0.717, 1.165) is 53.4 Å². The molecule has 142 valence electrons. The Bertz CT molecular complexity index is 1090. The molecule has 1 aromatic carbocycles. The first-order valence-corrected chi connectivity index (χ1v) is 9.45. The molecule has 0 aliphatic carbocycles. The maximum absolute atomic E-state index is 6.05. The van der Waals surface area contributed by atoms with E-state index in [4.69, 9.17) is 10.7 Å². The van der Waals surface area contributed by atoms with Crippen molar-refractivity contribution in [1.82, 2.24) is 29.8 Å². The molecule has 0 amide bonds. The molecule has 3 N–H and O–H groups in total. The topological polar surface area (TPSA) is 94.5 Å². The van der Waals surface area contributed by atoms with E-state index in [-0.39, 0.29) is 5.95 Å². The second-order valence-corrected chi connectivity index (χ2v) is 6.50. The molecule has 7 nitrogen and oxygen atoms in total. The number of nitrogens with zero attached hydrogens (tertiary/aromatic N) is 5. The number of aryl methyl sites for hydroxylation is 1. The Balaban J connectivity index is 1.86. The molecule has 0 radical (unpaired) electrons. The van der Waals surface area contributed by atoms with Crippen molar-refractivity contribution in [3.8, 4) is 22.6 Å². The van der Waals surface area contributed by atoms with Crippen LogP contribution in [0.4, 0.5) is 5.95 Å². The smallest absolute Gasteiger partial charge is 0.222 e. The number of anilines is 1. The molecular formula is C21H23N7. The van der Waals surface area contributed by atoms with Crippen molar-refractivity contribution >= 4 is 17.1 Å². The van der Waals surface area contributed by atoms with Crippen LogP contribution in [-0.2, 0) is 13.1 Å². The molecule has 4 rings (SSSR count). The lowest BCUT2D eigenvalue weighted by molar-refractivity contribution is 0.727. The molecule has 7 heteroatoms. The van der Waals surface area contributed by atoms with Crippen LogP contribution in [-0.4, -0.2) is 31.0 Å². The van der Waals surface area contributed by atoms with Crippen molar-refractivity contribution in [2.75, 3.05) is 12.3 Å². The molecular weight excluding hydrogens is 350 g/mol. The maximum atomic E-state index is 6.05. The van der Waals surface area contributed by atoms with Gasteiger partial charge in [-0.05, 0) is 31.2 Å². The predicted octanol–water partition coefficient (Wildman–Crippen LogP) is 3.27. The Hall–Kier alpha value is -3.32. The third kappa shape index (κ3) is 3.32. The summed E-state index contributed by atoms with van der Waals surface area (Å²) < 4.78 is 2.06. The molecule has 28 heavy (non-hydrogen) atoms. The van der Waals surface area contributed by atoms with Gasteiger partial charge in [0.25, 0.3) is 0 Å². The van der Waals surface area contributed by atoms with Gasteiger partial charge in [0, 0.05) is 36.6 Å². The van der Waals surface area contributed by atoms with E-state index in [1.54, 1.807) is 12.4 Å². The minimum Gasteiger partial charge on any atom is -0.368 e.